The van der Waals surface area contributed by atoms with Crippen LogP contribution in [0.5, 0.6) is 11.5 Å². The molecule has 50 heavy (non-hydrogen) atoms. The van der Waals surface area contributed by atoms with E-state index in [-0.39, 0.29) is 36.1 Å². The number of benzene rings is 3. The van der Waals surface area contributed by atoms with Crippen molar-refractivity contribution in [1.82, 2.24) is 0 Å². The van der Waals surface area contributed by atoms with E-state index in [1.165, 1.54) is 65.6 Å². The Morgan fingerprint density at radius 1 is 0.680 bits per heavy atom. The molecule has 0 N–H and O–H groups in total. The van der Waals surface area contributed by atoms with Crippen molar-refractivity contribution in [1.29, 1.82) is 0 Å². The molecule has 2 fully saturated rings. The van der Waals surface area contributed by atoms with Crippen molar-refractivity contribution in [2.24, 2.45) is 17.8 Å². The Labute approximate surface area is 296 Å². The minimum Gasteiger partial charge on any atom is -0.423 e. The zero-order valence-corrected chi connectivity index (χ0v) is 29.8. The molecule has 2 aliphatic rings. The summed E-state index contributed by atoms with van der Waals surface area (Å²) in [7, 11) is 2.99. The molecular weight excluding hydrogens is 631 g/mol. The third kappa shape index (κ3) is 9.37. The molecule has 0 heterocycles. The van der Waals surface area contributed by atoms with Crippen LogP contribution in [0.2, 0.25) is 0 Å². The second-order valence-electron chi connectivity index (χ2n) is 14.0. The Morgan fingerprint density at radius 3 is 1.76 bits per heavy atom. The predicted octanol–water partition coefficient (Wildman–Crippen LogP) is 10.3. The molecule has 3 aromatic rings. The summed E-state index contributed by atoms with van der Waals surface area (Å²) in [5.41, 5.74) is 4.32. The Balaban J connectivity index is 1.35. The summed E-state index contributed by atoms with van der Waals surface area (Å²) in [6, 6.07) is 17.7. The predicted molar refractivity (Wildman–Crippen MR) is 196 cm³/mol. The number of hydrogen-bond acceptors (Lipinski definition) is 6. The SMILES string of the molecule is C=C(COC)C(=O)Oc1ccc(-c2ccc(-c3ccc(OC(=O)C(=C)COC)cc3C3CCC(C4CCC(CCC)CC4)CC3)cc2F)cc1. The van der Waals surface area contributed by atoms with Crippen molar-refractivity contribution in [3.8, 4) is 33.8 Å². The normalized spacial score (nSPS) is 20.6. The number of rotatable bonds is 14. The minimum absolute atomic E-state index is 0.0788. The molecule has 0 amide bonds. The lowest BCUT2D eigenvalue weighted by molar-refractivity contribution is -0.131. The van der Waals surface area contributed by atoms with E-state index in [0.717, 1.165) is 47.3 Å². The summed E-state index contributed by atoms with van der Waals surface area (Å²) in [4.78, 5) is 24.9. The molecule has 0 spiro atoms. The highest BCUT2D eigenvalue weighted by Crippen LogP contribution is 2.47. The number of hydrogen-bond donors (Lipinski definition) is 0. The molecule has 3 aromatic carbocycles. The minimum atomic E-state index is -0.574. The molecule has 2 saturated carbocycles. The Kier molecular flexibility index (Phi) is 13.2. The first-order chi connectivity index (χ1) is 24.2. The van der Waals surface area contributed by atoms with Crippen molar-refractivity contribution >= 4 is 11.9 Å². The largest absolute Gasteiger partial charge is 0.423 e. The highest BCUT2D eigenvalue weighted by Gasteiger charge is 2.32. The van der Waals surface area contributed by atoms with E-state index >= 15 is 4.39 Å². The van der Waals surface area contributed by atoms with Crippen LogP contribution in [0.3, 0.4) is 0 Å². The van der Waals surface area contributed by atoms with Gasteiger partial charge in [0.25, 0.3) is 0 Å². The van der Waals surface area contributed by atoms with Gasteiger partial charge in [-0.15, -0.1) is 0 Å². The summed E-state index contributed by atoms with van der Waals surface area (Å²) >= 11 is 0. The first-order valence-corrected chi connectivity index (χ1v) is 18.0. The number of ether oxygens (including phenoxy) is 4. The standard InChI is InChI=1S/C43H51FO6/c1-6-7-30-8-10-31(11-9-30)32-12-14-34(15-13-32)40-25-37(50-43(46)29(3)27-48-5)21-23-38(40)35-18-22-39(41(44)24-35)33-16-19-36(20-17-33)49-42(45)28(2)26-47-4/h16-25,30-32,34H,2-3,6-15,26-27H2,1,4-5H3. The summed E-state index contributed by atoms with van der Waals surface area (Å²) in [6.07, 6.45) is 12.6. The maximum absolute atomic E-state index is 15.8. The van der Waals surface area contributed by atoms with Gasteiger partial charge < -0.3 is 18.9 Å². The van der Waals surface area contributed by atoms with E-state index in [1.54, 1.807) is 42.5 Å². The Morgan fingerprint density at radius 2 is 1.20 bits per heavy atom. The fraction of sp³-hybridized carbons (Fsp3) is 0.442. The fourth-order valence-corrected chi connectivity index (χ4v) is 7.91. The van der Waals surface area contributed by atoms with Crippen molar-refractivity contribution < 1.29 is 32.9 Å². The van der Waals surface area contributed by atoms with Crippen molar-refractivity contribution in [3.05, 3.63) is 96.3 Å². The molecule has 0 saturated heterocycles. The van der Waals surface area contributed by atoms with Crippen LogP contribution >= 0.6 is 0 Å². The van der Waals surface area contributed by atoms with E-state index < -0.39 is 11.9 Å². The number of halogens is 1. The van der Waals surface area contributed by atoms with Gasteiger partial charge in [0, 0.05) is 19.8 Å². The fourth-order valence-electron chi connectivity index (χ4n) is 7.91. The van der Waals surface area contributed by atoms with E-state index in [4.69, 9.17) is 18.9 Å². The van der Waals surface area contributed by atoms with Gasteiger partial charge in [0.05, 0.1) is 24.4 Å². The third-order valence-electron chi connectivity index (χ3n) is 10.6. The number of esters is 2. The summed E-state index contributed by atoms with van der Waals surface area (Å²) in [5.74, 6) is 2.08. The third-order valence-corrected chi connectivity index (χ3v) is 10.6. The second kappa shape index (κ2) is 17.7. The quantitative estimate of drug-likeness (QED) is 0.0958. The second-order valence-corrected chi connectivity index (χ2v) is 14.0. The average molecular weight is 683 g/mol. The monoisotopic (exact) mass is 682 g/mol. The molecule has 5 rings (SSSR count). The first kappa shape index (κ1) is 37.2. The summed E-state index contributed by atoms with van der Waals surface area (Å²) in [6.45, 7) is 9.92. The van der Waals surface area contributed by atoms with Crippen LogP contribution in [0, 0.1) is 23.6 Å². The zero-order chi connectivity index (χ0) is 35.6. The molecule has 0 bridgehead atoms. The van der Waals surface area contributed by atoms with E-state index in [0.29, 0.717) is 22.6 Å². The molecule has 266 valence electrons. The van der Waals surface area contributed by atoms with Gasteiger partial charge in [-0.25, -0.2) is 14.0 Å². The highest BCUT2D eigenvalue weighted by atomic mass is 19.1. The van der Waals surface area contributed by atoms with Gasteiger partial charge in [0.15, 0.2) is 0 Å². The maximum Gasteiger partial charge on any atom is 0.341 e. The van der Waals surface area contributed by atoms with Crippen molar-refractivity contribution in [3.63, 3.8) is 0 Å². The van der Waals surface area contributed by atoms with Crippen LogP contribution in [-0.4, -0.2) is 39.4 Å². The number of methoxy groups -OCH3 is 2. The molecular formula is C43H51FO6. The van der Waals surface area contributed by atoms with Crippen LogP contribution in [0.15, 0.2) is 85.0 Å². The lowest BCUT2D eigenvalue weighted by atomic mass is 9.67. The van der Waals surface area contributed by atoms with E-state index in [9.17, 15) is 9.59 Å². The molecule has 0 aliphatic heterocycles. The van der Waals surface area contributed by atoms with E-state index in [2.05, 4.69) is 20.1 Å². The van der Waals surface area contributed by atoms with Crippen LogP contribution < -0.4 is 9.47 Å². The lowest BCUT2D eigenvalue weighted by Gasteiger charge is -2.38. The van der Waals surface area contributed by atoms with Gasteiger partial charge in [-0.05, 0) is 115 Å². The van der Waals surface area contributed by atoms with Crippen LogP contribution in [0.1, 0.15) is 82.6 Å². The molecule has 2 aliphatic carbocycles. The highest BCUT2D eigenvalue weighted by molar-refractivity contribution is 5.90. The van der Waals surface area contributed by atoms with Gasteiger partial charge in [0.2, 0.25) is 0 Å². The van der Waals surface area contributed by atoms with Crippen LogP contribution in [-0.2, 0) is 19.1 Å². The van der Waals surface area contributed by atoms with Crippen LogP contribution in [0.4, 0.5) is 4.39 Å². The first-order valence-electron chi connectivity index (χ1n) is 18.0. The molecule has 0 unspecified atom stereocenters. The average Bonchev–Trinajstić information content (AvgIpc) is 3.13. The smallest absolute Gasteiger partial charge is 0.341 e. The van der Waals surface area contributed by atoms with Gasteiger partial charge in [-0.1, -0.05) is 76.1 Å². The van der Waals surface area contributed by atoms with Gasteiger partial charge in [0.1, 0.15) is 17.3 Å². The molecule has 0 atom stereocenters. The molecule has 7 heteroatoms. The Bertz CT molecular complexity index is 1640. The van der Waals surface area contributed by atoms with Crippen molar-refractivity contribution in [2.75, 3.05) is 27.4 Å². The van der Waals surface area contributed by atoms with Gasteiger partial charge in [-0.2, -0.15) is 0 Å². The van der Waals surface area contributed by atoms with Gasteiger partial charge >= 0.3 is 11.9 Å². The maximum atomic E-state index is 15.8. The van der Waals surface area contributed by atoms with Crippen LogP contribution in [0.25, 0.3) is 22.3 Å². The number of carbonyl (C=O) groups excluding carboxylic acids is 2. The zero-order valence-electron chi connectivity index (χ0n) is 29.8. The summed E-state index contributed by atoms with van der Waals surface area (Å²) < 4.78 is 36.9. The summed E-state index contributed by atoms with van der Waals surface area (Å²) in [5, 5.41) is 0. The van der Waals surface area contributed by atoms with Gasteiger partial charge in [-0.3, -0.25) is 0 Å². The Hall–Kier alpha value is -4.07. The number of carbonyl (C=O) groups is 2. The lowest BCUT2D eigenvalue weighted by Crippen LogP contribution is -2.25. The topological polar surface area (TPSA) is 71.1 Å². The molecule has 6 nitrogen and oxygen atoms in total. The molecule has 0 aromatic heterocycles. The van der Waals surface area contributed by atoms with E-state index in [1.807, 2.05) is 18.2 Å². The van der Waals surface area contributed by atoms with Crippen molar-refractivity contribution in [2.45, 2.75) is 77.0 Å². The molecule has 0 radical (unpaired) electrons.